The van der Waals surface area contributed by atoms with E-state index < -0.39 is 30.0 Å². The van der Waals surface area contributed by atoms with Crippen LogP contribution in [0.3, 0.4) is 0 Å². The molecule has 0 bridgehead atoms. The zero-order chi connectivity index (χ0) is 15.8. The molecule has 0 saturated carbocycles. The molecular formula is C14H16N2O5. The maximum Gasteiger partial charge on any atom is 0.325 e. The molecule has 0 radical (unpaired) electrons. The van der Waals surface area contributed by atoms with Crippen molar-refractivity contribution in [3.8, 4) is 5.75 Å². The van der Waals surface area contributed by atoms with Gasteiger partial charge in [-0.25, -0.2) is 4.79 Å². The van der Waals surface area contributed by atoms with Crippen molar-refractivity contribution in [1.82, 2.24) is 10.2 Å². The predicted molar refractivity (Wildman–Crippen MR) is 73.0 cm³/mol. The number of amides is 3. The van der Waals surface area contributed by atoms with Crippen LogP contribution in [-0.2, 0) is 15.1 Å². The number of urea groups is 1. The molecule has 1 atom stereocenters. The van der Waals surface area contributed by atoms with E-state index in [-0.39, 0.29) is 0 Å². The minimum absolute atomic E-state index is 0.453. The van der Waals surface area contributed by atoms with Gasteiger partial charge < -0.3 is 15.2 Å². The summed E-state index contributed by atoms with van der Waals surface area (Å²) in [5, 5.41) is 11.3. The van der Waals surface area contributed by atoms with Crippen LogP contribution in [0.5, 0.6) is 5.75 Å². The number of benzene rings is 1. The zero-order valence-corrected chi connectivity index (χ0v) is 12.0. The number of aliphatic carboxylic acids is 1. The number of carbonyl (C=O) groups excluding carboxylic acids is 2. The van der Waals surface area contributed by atoms with Gasteiger partial charge in [0.2, 0.25) is 0 Å². The van der Waals surface area contributed by atoms with Crippen LogP contribution >= 0.6 is 0 Å². The molecule has 0 unspecified atom stereocenters. The first-order chi connectivity index (χ1) is 9.79. The third kappa shape index (κ3) is 2.42. The van der Waals surface area contributed by atoms with Crippen LogP contribution < -0.4 is 10.1 Å². The molecule has 112 valence electrons. The third-order valence-electron chi connectivity index (χ3n) is 3.46. The Morgan fingerprint density at radius 3 is 2.67 bits per heavy atom. The van der Waals surface area contributed by atoms with Gasteiger partial charge >= 0.3 is 12.0 Å². The molecule has 7 nitrogen and oxygen atoms in total. The van der Waals surface area contributed by atoms with E-state index in [4.69, 9.17) is 9.84 Å². The predicted octanol–water partition coefficient (Wildman–Crippen LogP) is 0.855. The van der Waals surface area contributed by atoms with E-state index in [0.717, 1.165) is 5.56 Å². The number of imide groups is 1. The highest BCUT2D eigenvalue weighted by molar-refractivity contribution is 6.09. The molecule has 1 aliphatic rings. The van der Waals surface area contributed by atoms with Crippen LogP contribution in [0.2, 0.25) is 0 Å². The number of nitrogens with one attached hydrogen (secondary N) is 1. The molecule has 3 amide bonds. The van der Waals surface area contributed by atoms with Crippen LogP contribution in [0.1, 0.15) is 18.1 Å². The first-order valence-corrected chi connectivity index (χ1v) is 6.30. The molecular weight excluding hydrogens is 276 g/mol. The van der Waals surface area contributed by atoms with Crippen molar-refractivity contribution in [2.45, 2.75) is 19.4 Å². The summed E-state index contributed by atoms with van der Waals surface area (Å²) in [5.41, 5.74) is 0.0474. The van der Waals surface area contributed by atoms with Gasteiger partial charge in [-0.05, 0) is 26.0 Å². The second kappa shape index (κ2) is 5.08. The number of carbonyl (C=O) groups is 3. The molecule has 21 heavy (non-hydrogen) atoms. The molecule has 1 aromatic carbocycles. The Balaban J connectivity index is 2.48. The molecule has 2 rings (SSSR count). The number of rotatable bonds is 4. The Morgan fingerprint density at radius 2 is 2.10 bits per heavy atom. The van der Waals surface area contributed by atoms with Gasteiger partial charge in [-0.3, -0.25) is 14.5 Å². The van der Waals surface area contributed by atoms with Crippen LogP contribution in [0, 0.1) is 6.92 Å². The molecule has 0 aromatic heterocycles. The number of nitrogens with zero attached hydrogens (tertiary/aromatic N) is 1. The van der Waals surface area contributed by atoms with E-state index in [2.05, 4.69) is 5.32 Å². The highest BCUT2D eigenvalue weighted by atomic mass is 16.5. The van der Waals surface area contributed by atoms with Gasteiger partial charge in [-0.1, -0.05) is 11.6 Å². The van der Waals surface area contributed by atoms with E-state index in [1.165, 1.54) is 14.0 Å². The van der Waals surface area contributed by atoms with E-state index in [1.54, 1.807) is 12.1 Å². The first-order valence-electron chi connectivity index (χ1n) is 6.30. The molecule has 1 saturated heterocycles. The summed E-state index contributed by atoms with van der Waals surface area (Å²) in [4.78, 5) is 35.8. The summed E-state index contributed by atoms with van der Waals surface area (Å²) in [6.45, 7) is 2.71. The molecule has 2 N–H and O–H groups in total. The minimum atomic E-state index is -1.34. The summed E-state index contributed by atoms with van der Waals surface area (Å²) in [7, 11) is 1.47. The number of methoxy groups -OCH3 is 1. The first kappa shape index (κ1) is 14.8. The topological polar surface area (TPSA) is 95.9 Å². The van der Waals surface area contributed by atoms with Crippen molar-refractivity contribution in [2.75, 3.05) is 13.7 Å². The van der Waals surface area contributed by atoms with Crippen molar-refractivity contribution < 1.29 is 24.2 Å². The average molecular weight is 292 g/mol. The Bertz CT molecular complexity index is 628. The van der Waals surface area contributed by atoms with Crippen LogP contribution in [0.15, 0.2) is 18.2 Å². The van der Waals surface area contributed by atoms with E-state index in [9.17, 15) is 14.4 Å². The van der Waals surface area contributed by atoms with Crippen molar-refractivity contribution >= 4 is 17.9 Å². The Labute approximate surface area is 121 Å². The number of carboxylic acid groups (broad SMARTS) is 1. The van der Waals surface area contributed by atoms with Gasteiger partial charge in [-0.15, -0.1) is 0 Å². The second-order valence-corrected chi connectivity index (χ2v) is 5.04. The lowest BCUT2D eigenvalue weighted by Gasteiger charge is -2.24. The molecule has 1 heterocycles. The van der Waals surface area contributed by atoms with Crippen LogP contribution in [0.25, 0.3) is 0 Å². The van der Waals surface area contributed by atoms with E-state index in [1.807, 2.05) is 13.0 Å². The standard InChI is InChI=1S/C14H16N2O5/c1-8-4-5-10(21-3)9(6-8)14(2)12(19)16(7-11(17)18)13(20)15-14/h4-6H,7H2,1-3H3,(H,15,20)(H,17,18)/t14-/m1/s1. The van der Waals surface area contributed by atoms with Gasteiger partial charge in [0.1, 0.15) is 17.8 Å². The zero-order valence-electron chi connectivity index (χ0n) is 12.0. The number of hydrogen-bond donors (Lipinski definition) is 2. The quantitative estimate of drug-likeness (QED) is 0.802. The van der Waals surface area contributed by atoms with Crippen LogP contribution in [0.4, 0.5) is 4.79 Å². The number of aryl methyl sites for hydroxylation is 1. The smallest absolute Gasteiger partial charge is 0.325 e. The molecule has 7 heteroatoms. The third-order valence-corrected chi connectivity index (χ3v) is 3.46. The molecule has 1 aromatic rings. The summed E-state index contributed by atoms with van der Waals surface area (Å²) in [5.74, 6) is -1.41. The number of carboxylic acids is 1. The molecule has 1 fully saturated rings. The van der Waals surface area contributed by atoms with Crippen molar-refractivity contribution in [3.63, 3.8) is 0 Å². The van der Waals surface area contributed by atoms with Crippen molar-refractivity contribution in [3.05, 3.63) is 29.3 Å². The van der Waals surface area contributed by atoms with Crippen LogP contribution in [-0.4, -0.2) is 41.6 Å². The second-order valence-electron chi connectivity index (χ2n) is 5.04. The average Bonchev–Trinajstić information content (AvgIpc) is 2.63. The molecule has 0 aliphatic carbocycles. The largest absolute Gasteiger partial charge is 0.496 e. The summed E-state index contributed by atoms with van der Waals surface area (Å²) in [6, 6.07) is 4.53. The summed E-state index contributed by atoms with van der Waals surface area (Å²) < 4.78 is 5.24. The fourth-order valence-corrected chi connectivity index (χ4v) is 2.37. The van der Waals surface area contributed by atoms with Gasteiger partial charge in [-0.2, -0.15) is 0 Å². The lowest BCUT2D eigenvalue weighted by atomic mass is 9.90. The molecule has 0 spiro atoms. The lowest BCUT2D eigenvalue weighted by molar-refractivity contribution is -0.142. The minimum Gasteiger partial charge on any atom is -0.496 e. The Hall–Kier alpha value is -2.57. The monoisotopic (exact) mass is 292 g/mol. The highest BCUT2D eigenvalue weighted by Crippen LogP contribution is 2.35. The number of hydrogen-bond acceptors (Lipinski definition) is 4. The van der Waals surface area contributed by atoms with E-state index in [0.29, 0.717) is 16.2 Å². The summed E-state index contributed by atoms with van der Waals surface area (Å²) in [6.07, 6.45) is 0. The SMILES string of the molecule is COc1ccc(C)cc1[C@@]1(C)NC(=O)N(CC(=O)O)C1=O. The lowest BCUT2D eigenvalue weighted by Crippen LogP contribution is -2.41. The molecule has 1 aliphatic heterocycles. The van der Waals surface area contributed by atoms with Crippen molar-refractivity contribution in [1.29, 1.82) is 0 Å². The highest BCUT2D eigenvalue weighted by Gasteiger charge is 2.50. The summed E-state index contributed by atoms with van der Waals surface area (Å²) >= 11 is 0. The Kier molecular flexibility index (Phi) is 3.59. The van der Waals surface area contributed by atoms with Gasteiger partial charge in [0.15, 0.2) is 0 Å². The van der Waals surface area contributed by atoms with Gasteiger partial charge in [0.25, 0.3) is 5.91 Å². The van der Waals surface area contributed by atoms with E-state index >= 15 is 0 Å². The number of ether oxygens (including phenoxy) is 1. The fourth-order valence-electron chi connectivity index (χ4n) is 2.37. The van der Waals surface area contributed by atoms with Crippen molar-refractivity contribution in [2.24, 2.45) is 0 Å². The fraction of sp³-hybridized carbons (Fsp3) is 0.357. The maximum absolute atomic E-state index is 12.5. The Morgan fingerprint density at radius 1 is 1.43 bits per heavy atom. The van der Waals surface area contributed by atoms with Gasteiger partial charge in [0, 0.05) is 5.56 Å². The normalized spacial score (nSPS) is 21.4. The van der Waals surface area contributed by atoms with Gasteiger partial charge in [0.05, 0.1) is 7.11 Å². The maximum atomic E-state index is 12.5.